The fourth-order valence-corrected chi connectivity index (χ4v) is 5.23. The van der Waals surface area contributed by atoms with Gasteiger partial charge in [-0.2, -0.15) is 0 Å². The monoisotopic (exact) mass is 422 g/mol. The van der Waals surface area contributed by atoms with Crippen LogP contribution in [0.5, 0.6) is 5.75 Å². The van der Waals surface area contributed by atoms with Crippen LogP contribution in [0.4, 0.5) is 4.79 Å². The summed E-state index contributed by atoms with van der Waals surface area (Å²) in [5, 5.41) is 0.473. The van der Waals surface area contributed by atoms with Crippen LogP contribution in [-0.4, -0.2) is 58.2 Å². The van der Waals surface area contributed by atoms with Gasteiger partial charge in [-0.1, -0.05) is 24.1 Å². The zero-order chi connectivity index (χ0) is 21.2. The van der Waals surface area contributed by atoms with E-state index in [0.29, 0.717) is 11.9 Å². The second kappa shape index (κ2) is 8.74. The number of nitrogens with zero attached hydrogens (tertiary/aromatic N) is 2. The molecule has 1 aromatic rings. The average molecular weight is 423 g/mol. The van der Waals surface area contributed by atoms with Crippen molar-refractivity contribution in [3.05, 3.63) is 29.8 Å². The van der Waals surface area contributed by atoms with Crippen molar-refractivity contribution in [2.24, 2.45) is 0 Å². The van der Waals surface area contributed by atoms with Crippen LogP contribution in [0, 0.1) is 0 Å². The molecular weight excluding hydrogens is 388 g/mol. The molecule has 1 aromatic carbocycles. The third-order valence-corrected chi connectivity index (χ3v) is 6.55. The van der Waals surface area contributed by atoms with Crippen LogP contribution in [0.25, 0.3) is 0 Å². The molecule has 2 heterocycles. The fraction of sp³-hybridized carbons (Fsp3) is 0.682. The highest BCUT2D eigenvalue weighted by Gasteiger charge is 2.46. The summed E-state index contributed by atoms with van der Waals surface area (Å²) in [6.07, 6.45) is 1.73. The minimum absolute atomic E-state index is 0.0401. The highest BCUT2D eigenvalue weighted by Crippen LogP contribution is 2.38. The van der Waals surface area contributed by atoms with Crippen molar-refractivity contribution in [3.8, 4) is 5.75 Å². The highest BCUT2D eigenvalue weighted by atomic mass is 32.2. The van der Waals surface area contributed by atoms with Crippen molar-refractivity contribution in [1.29, 1.82) is 0 Å². The maximum absolute atomic E-state index is 12.8. The number of rotatable bonds is 5. The summed E-state index contributed by atoms with van der Waals surface area (Å²) >= 11 is 1.90. The van der Waals surface area contributed by atoms with Crippen LogP contribution in [0.2, 0.25) is 0 Å². The molecule has 162 valence electrons. The normalized spacial score (nSPS) is 24.7. The molecule has 2 atom stereocenters. The number of hydrogen-bond acceptors (Lipinski definition) is 6. The molecule has 29 heavy (non-hydrogen) atoms. The number of benzene rings is 1. The lowest BCUT2D eigenvalue weighted by atomic mass is 10.1. The Labute approximate surface area is 179 Å². The summed E-state index contributed by atoms with van der Waals surface area (Å²) in [5.41, 5.74) is 0.121. The van der Waals surface area contributed by atoms with Crippen LogP contribution in [-0.2, 0) is 16.0 Å². The van der Waals surface area contributed by atoms with Crippen molar-refractivity contribution in [1.82, 2.24) is 9.21 Å². The molecule has 1 amide bonds. The van der Waals surface area contributed by atoms with Gasteiger partial charge < -0.3 is 14.2 Å². The number of amides is 1. The van der Waals surface area contributed by atoms with Gasteiger partial charge in [-0.05, 0) is 65.2 Å². The molecule has 0 saturated carbocycles. The van der Waals surface area contributed by atoms with Gasteiger partial charge in [0.25, 0.3) is 0 Å². The second-order valence-corrected chi connectivity index (χ2v) is 10.6. The van der Waals surface area contributed by atoms with E-state index in [1.54, 1.807) is 12.0 Å². The van der Waals surface area contributed by atoms with Gasteiger partial charge in [-0.15, -0.1) is 0 Å². The third kappa shape index (κ3) is 5.80. The van der Waals surface area contributed by atoms with E-state index in [0.717, 1.165) is 31.7 Å². The van der Waals surface area contributed by atoms with Crippen LogP contribution in [0.15, 0.2) is 24.3 Å². The van der Waals surface area contributed by atoms with Gasteiger partial charge in [-0.3, -0.25) is 4.90 Å². The fourth-order valence-electron chi connectivity index (χ4n) is 3.86. The summed E-state index contributed by atoms with van der Waals surface area (Å²) in [6, 6.07) is 8.28. The Balaban J connectivity index is 1.57. The van der Waals surface area contributed by atoms with E-state index >= 15 is 0 Å². The van der Waals surface area contributed by atoms with Gasteiger partial charge >= 0.3 is 6.09 Å². The third-order valence-electron chi connectivity index (χ3n) is 5.22. The summed E-state index contributed by atoms with van der Waals surface area (Å²) in [4.78, 5) is 14.6. The highest BCUT2D eigenvalue weighted by molar-refractivity contribution is 7.97. The van der Waals surface area contributed by atoms with Crippen molar-refractivity contribution in [3.63, 3.8) is 0 Å². The minimum atomic E-state index is -0.640. The largest absolute Gasteiger partial charge is 0.497 e. The first-order valence-electron chi connectivity index (χ1n) is 10.3. The maximum Gasteiger partial charge on any atom is 0.412 e. The Hall–Kier alpha value is -1.44. The molecule has 2 aliphatic rings. The van der Waals surface area contributed by atoms with Crippen LogP contribution in [0.3, 0.4) is 0 Å². The molecular formula is C22H34N2O4S. The molecule has 0 N–H and O–H groups in total. The Morgan fingerprint density at radius 2 is 1.97 bits per heavy atom. The molecule has 1 unspecified atom stereocenters. The number of carbonyl (C=O) groups excluding carboxylic acids is 1. The van der Waals surface area contributed by atoms with E-state index in [1.165, 1.54) is 5.56 Å². The Morgan fingerprint density at radius 3 is 2.59 bits per heavy atom. The van der Waals surface area contributed by atoms with Gasteiger partial charge in [-0.25, -0.2) is 9.10 Å². The molecule has 7 heteroatoms. The van der Waals surface area contributed by atoms with Crippen LogP contribution < -0.4 is 4.74 Å². The van der Waals surface area contributed by atoms with E-state index in [2.05, 4.69) is 16.4 Å². The van der Waals surface area contributed by atoms with E-state index < -0.39 is 11.3 Å². The van der Waals surface area contributed by atoms with Gasteiger partial charge in [0, 0.05) is 18.3 Å². The van der Waals surface area contributed by atoms with E-state index in [4.69, 9.17) is 14.2 Å². The van der Waals surface area contributed by atoms with E-state index in [9.17, 15) is 4.79 Å². The van der Waals surface area contributed by atoms with Gasteiger partial charge in [0.15, 0.2) is 0 Å². The lowest BCUT2D eigenvalue weighted by Crippen LogP contribution is -2.50. The number of methoxy groups -OCH3 is 1. The van der Waals surface area contributed by atoms with Crippen LogP contribution in [0.1, 0.15) is 53.0 Å². The van der Waals surface area contributed by atoms with Gasteiger partial charge in [0.2, 0.25) is 0 Å². The first-order chi connectivity index (χ1) is 13.6. The van der Waals surface area contributed by atoms with E-state index in [1.807, 2.05) is 58.7 Å². The molecule has 3 rings (SSSR count). The summed E-state index contributed by atoms with van der Waals surface area (Å²) in [6.45, 7) is 12.1. The quantitative estimate of drug-likeness (QED) is 0.642. The average Bonchev–Trinajstić information content (AvgIpc) is 3.17. The molecule has 0 aromatic heterocycles. The number of ether oxygens (including phenoxy) is 3. The molecule has 0 aliphatic carbocycles. The lowest BCUT2D eigenvalue weighted by molar-refractivity contribution is -0.0626. The maximum atomic E-state index is 12.8. The van der Waals surface area contributed by atoms with Crippen molar-refractivity contribution < 1.29 is 19.0 Å². The Bertz CT molecular complexity index is 702. The van der Waals surface area contributed by atoms with Crippen LogP contribution >= 0.6 is 11.9 Å². The summed E-state index contributed by atoms with van der Waals surface area (Å²) < 4.78 is 19.2. The molecule has 0 spiro atoms. The summed E-state index contributed by atoms with van der Waals surface area (Å²) in [7, 11) is 1.69. The van der Waals surface area contributed by atoms with E-state index in [-0.39, 0.29) is 12.1 Å². The standard InChI is InChI=1S/C22H34N2O4S/c1-21(2,3)28-20(25)24-17(15-27-22(24,4)5)13-19-11-12-23(29-19)14-16-7-9-18(26-6)10-8-16/h7-10,17,19H,11-15H2,1-6H3/t17-,19?/m0/s1. The van der Waals surface area contributed by atoms with Crippen molar-refractivity contribution in [2.45, 2.75) is 76.6 Å². The molecule has 0 bridgehead atoms. The molecule has 2 saturated heterocycles. The minimum Gasteiger partial charge on any atom is -0.497 e. The first kappa shape index (κ1) is 22.2. The summed E-state index contributed by atoms with van der Waals surface area (Å²) in [5.74, 6) is 0.881. The predicted molar refractivity (Wildman–Crippen MR) is 116 cm³/mol. The Morgan fingerprint density at radius 1 is 1.28 bits per heavy atom. The number of carbonyl (C=O) groups is 1. The smallest absolute Gasteiger partial charge is 0.412 e. The SMILES string of the molecule is COc1ccc(CN2CCC(C[C@H]3COC(C)(C)N3C(=O)OC(C)(C)C)S2)cc1. The first-order valence-corrected chi connectivity index (χ1v) is 11.1. The topological polar surface area (TPSA) is 51.2 Å². The number of hydrogen-bond donors (Lipinski definition) is 0. The molecule has 2 fully saturated rings. The second-order valence-electron chi connectivity index (χ2n) is 9.23. The Kier molecular flexibility index (Phi) is 6.70. The predicted octanol–water partition coefficient (Wildman–Crippen LogP) is 4.68. The zero-order valence-corrected chi connectivity index (χ0v) is 19.3. The lowest BCUT2D eigenvalue weighted by Gasteiger charge is -2.35. The molecule has 6 nitrogen and oxygen atoms in total. The molecule has 0 radical (unpaired) electrons. The van der Waals surface area contributed by atoms with Crippen molar-refractivity contribution in [2.75, 3.05) is 20.3 Å². The van der Waals surface area contributed by atoms with Crippen molar-refractivity contribution >= 4 is 18.0 Å². The van der Waals surface area contributed by atoms with Gasteiger partial charge in [0.1, 0.15) is 17.1 Å². The molecule has 2 aliphatic heterocycles. The zero-order valence-electron chi connectivity index (χ0n) is 18.4. The van der Waals surface area contributed by atoms with Gasteiger partial charge in [0.05, 0.1) is 19.8 Å².